The molecule has 25 heavy (non-hydrogen) atoms. The number of likely N-dealkylation sites (tertiary alicyclic amines) is 1. The topological polar surface area (TPSA) is 77.2 Å². The summed E-state index contributed by atoms with van der Waals surface area (Å²) < 4.78 is 2.35. The first-order chi connectivity index (χ1) is 12.0. The maximum atomic E-state index is 12.6. The number of nitrogens with zero attached hydrogens (tertiary/aromatic N) is 4. The van der Waals surface area contributed by atoms with Crippen LogP contribution >= 0.6 is 0 Å². The van der Waals surface area contributed by atoms with Gasteiger partial charge in [-0.05, 0) is 36.6 Å². The van der Waals surface area contributed by atoms with Crippen molar-refractivity contribution in [2.24, 2.45) is 14.1 Å². The van der Waals surface area contributed by atoms with Crippen LogP contribution in [0.3, 0.4) is 0 Å². The van der Waals surface area contributed by atoms with Crippen molar-refractivity contribution in [3.05, 3.63) is 68.8 Å². The predicted octanol–water partition coefficient (Wildman–Crippen LogP) is 0.856. The SMILES string of the molecule is Cn1cc(/C=C/C(=O)N2CCC[C@H]2c2ccncc2)c(=O)n(C)c1=O. The average molecular weight is 340 g/mol. The Kier molecular flexibility index (Phi) is 4.65. The van der Waals surface area contributed by atoms with E-state index in [-0.39, 0.29) is 11.9 Å². The van der Waals surface area contributed by atoms with Gasteiger partial charge in [-0.25, -0.2) is 4.79 Å². The van der Waals surface area contributed by atoms with Crippen LogP contribution in [0.25, 0.3) is 6.08 Å². The highest BCUT2D eigenvalue weighted by Crippen LogP contribution is 2.31. The number of aryl methyl sites for hydroxylation is 1. The Hall–Kier alpha value is -2.96. The van der Waals surface area contributed by atoms with Crippen molar-refractivity contribution in [2.75, 3.05) is 6.54 Å². The number of carbonyl (C=O) groups is 1. The van der Waals surface area contributed by atoms with E-state index in [0.717, 1.165) is 23.0 Å². The lowest BCUT2D eigenvalue weighted by Gasteiger charge is -2.23. The molecular formula is C18H20N4O3. The van der Waals surface area contributed by atoms with Gasteiger partial charge in [0, 0.05) is 45.3 Å². The number of pyridine rings is 1. The molecule has 1 atom stereocenters. The molecule has 3 rings (SSSR count). The van der Waals surface area contributed by atoms with E-state index in [1.165, 1.54) is 30.0 Å². The van der Waals surface area contributed by atoms with Crippen molar-refractivity contribution in [1.29, 1.82) is 0 Å². The van der Waals surface area contributed by atoms with E-state index in [1.54, 1.807) is 24.3 Å². The van der Waals surface area contributed by atoms with Crippen molar-refractivity contribution in [2.45, 2.75) is 18.9 Å². The van der Waals surface area contributed by atoms with Gasteiger partial charge in [0.1, 0.15) is 0 Å². The molecule has 1 aliphatic rings. The maximum absolute atomic E-state index is 12.6. The van der Waals surface area contributed by atoms with Crippen LogP contribution in [0.2, 0.25) is 0 Å². The lowest BCUT2D eigenvalue weighted by atomic mass is 10.1. The third-order valence-electron chi connectivity index (χ3n) is 4.51. The second-order valence-electron chi connectivity index (χ2n) is 6.15. The van der Waals surface area contributed by atoms with Crippen LogP contribution in [-0.4, -0.2) is 31.5 Å². The van der Waals surface area contributed by atoms with Gasteiger partial charge in [-0.3, -0.25) is 19.1 Å². The number of hydrogen-bond donors (Lipinski definition) is 0. The molecule has 0 aliphatic carbocycles. The second-order valence-corrected chi connectivity index (χ2v) is 6.15. The zero-order chi connectivity index (χ0) is 18.0. The largest absolute Gasteiger partial charge is 0.332 e. The molecule has 1 saturated heterocycles. The molecule has 0 radical (unpaired) electrons. The second kappa shape index (κ2) is 6.88. The number of carbonyl (C=O) groups excluding carboxylic acids is 1. The van der Waals surface area contributed by atoms with Gasteiger partial charge in [0.05, 0.1) is 11.6 Å². The third kappa shape index (κ3) is 3.31. The van der Waals surface area contributed by atoms with Gasteiger partial charge in [0.2, 0.25) is 5.91 Å². The molecule has 0 aromatic carbocycles. The molecule has 1 fully saturated rings. The summed E-state index contributed by atoms with van der Waals surface area (Å²) in [5, 5.41) is 0. The first kappa shape index (κ1) is 16.9. The number of rotatable bonds is 3. The molecule has 1 amide bonds. The minimum Gasteiger partial charge on any atom is -0.332 e. The number of amides is 1. The lowest BCUT2D eigenvalue weighted by Crippen LogP contribution is -2.37. The van der Waals surface area contributed by atoms with E-state index in [0.29, 0.717) is 12.1 Å². The molecule has 130 valence electrons. The fourth-order valence-electron chi connectivity index (χ4n) is 3.17. The number of hydrogen-bond acceptors (Lipinski definition) is 4. The smallest absolute Gasteiger partial charge is 0.330 e. The molecule has 2 aromatic heterocycles. The van der Waals surface area contributed by atoms with E-state index in [4.69, 9.17) is 0 Å². The molecule has 0 spiro atoms. The highest BCUT2D eigenvalue weighted by Gasteiger charge is 2.28. The molecule has 0 saturated carbocycles. The zero-order valence-electron chi connectivity index (χ0n) is 14.3. The predicted molar refractivity (Wildman–Crippen MR) is 93.9 cm³/mol. The summed E-state index contributed by atoms with van der Waals surface area (Å²) >= 11 is 0. The van der Waals surface area contributed by atoms with Gasteiger partial charge in [-0.15, -0.1) is 0 Å². The lowest BCUT2D eigenvalue weighted by molar-refractivity contribution is -0.126. The van der Waals surface area contributed by atoms with Crippen molar-refractivity contribution < 1.29 is 4.79 Å². The first-order valence-electron chi connectivity index (χ1n) is 8.14. The number of aromatic nitrogens is 3. The van der Waals surface area contributed by atoms with Gasteiger partial charge < -0.3 is 9.47 Å². The Morgan fingerprint density at radius 3 is 2.68 bits per heavy atom. The Morgan fingerprint density at radius 1 is 1.24 bits per heavy atom. The Morgan fingerprint density at radius 2 is 1.96 bits per heavy atom. The molecular weight excluding hydrogens is 320 g/mol. The van der Waals surface area contributed by atoms with Crippen molar-refractivity contribution >= 4 is 12.0 Å². The van der Waals surface area contributed by atoms with Crippen LogP contribution < -0.4 is 11.2 Å². The molecule has 2 aromatic rings. The van der Waals surface area contributed by atoms with Gasteiger partial charge in [-0.1, -0.05) is 0 Å². The fourth-order valence-corrected chi connectivity index (χ4v) is 3.17. The van der Waals surface area contributed by atoms with Crippen LogP contribution in [-0.2, 0) is 18.9 Å². The Labute approximate surface area is 144 Å². The Balaban J connectivity index is 1.84. The maximum Gasteiger partial charge on any atom is 0.330 e. The molecule has 7 heteroatoms. The van der Waals surface area contributed by atoms with Gasteiger partial charge >= 0.3 is 5.69 Å². The summed E-state index contributed by atoms with van der Waals surface area (Å²) in [4.78, 5) is 42.3. The molecule has 1 aliphatic heterocycles. The quantitative estimate of drug-likeness (QED) is 0.777. The van der Waals surface area contributed by atoms with Crippen LogP contribution in [0.15, 0.2) is 46.4 Å². The summed E-state index contributed by atoms with van der Waals surface area (Å²) in [7, 11) is 2.99. The van der Waals surface area contributed by atoms with E-state index in [9.17, 15) is 14.4 Å². The minimum absolute atomic E-state index is 0.0307. The summed E-state index contributed by atoms with van der Waals surface area (Å²) in [5.41, 5.74) is 0.551. The van der Waals surface area contributed by atoms with Gasteiger partial charge in [0.15, 0.2) is 0 Å². The average Bonchev–Trinajstić information content (AvgIpc) is 3.12. The monoisotopic (exact) mass is 340 g/mol. The zero-order valence-corrected chi connectivity index (χ0v) is 14.3. The molecule has 0 N–H and O–H groups in total. The van der Waals surface area contributed by atoms with E-state index < -0.39 is 11.2 Å². The summed E-state index contributed by atoms with van der Waals surface area (Å²) in [6.07, 6.45) is 9.62. The Bertz CT molecular complexity index is 928. The molecule has 7 nitrogen and oxygen atoms in total. The summed E-state index contributed by atoms with van der Waals surface area (Å²) in [5.74, 6) is -0.143. The standard InChI is InChI=1S/C18H20N4O3/c1-20-12-14(17(24)21(2)18(20)25)5-6-16(23)22-11-3-4-15(22)13-7-9-19-10-8-13/h5-10,12,15H,3-4,11H2,1-2H3/b6-5+/t15-/m0/s1. The van der Waals surface area contributed by atoms with Crippen LogP contribution in [0.5, 0.6) is 0 Å². The van der Waals surface area contributed by atoms with Crippen molar-refractivity contribution in [1.82, 2.24) is 19.0 Å². The molecule has 0 unspecified atom stereocenters. The van der Waals surface area contributed by atoms with E-state index in [1.807, 2.05) is 12.1 Å². The minimum atomic E-state index is -0.417. The molecule has 3 heterocycles. The fraction of sp³-hybridized carbons (Fsp3) is 0.333. The van der Waals surface area contributed by atoms with Crippen molar-refractivity contribution in [3.8, 4) is 0 Å². The third-order valence-corrected chi connectivity index (χ3v) is 4.51. The van der Waals surface area contributed by atoms with E-state index in [2.05, 4.69) is 4.98 Å². The highest BCUT2D eigenvalue weighted by atomic mass is 16.2. The van der Waals surface area contributed by atoms with Crippen LogP contribution in [0, 0.1) is 0 Å². The molecule has 0 bridgehead atoms. The van der Waals surface area contributed by atoms with Gasteiger partial charge in [0.25, 0.3) is 5.56 Å². The summed E-state index contributed by atoms with van der Waals surface area (Å²) in [6, 6.07) is 3.87. The normalized spacial score (nSPS) is 17.4. The van der Waals surface area contributed by atoms with Gasteiger partial charge in [-0.2, -0.15) is 0 Å². The highest BCUT2D eigenvalue weighted by molar-refractivity contribution is 5.92. The summed E-state index contributed by atoms with van der Waals surface area (Å²) in [6.45, 7) is 0.682. The van der Waals surface area contributed by atoms with Crippen LogP contribution in [0.1, 0.15) is 30.0 Å². The van der Waals surface area contributed by atoms with E-state index >= 15 is 0 Å². The van der Waals surface area contributed by atoms with Crippen molar-refractivity contribution in [3.63, 3.8) is 0 Å². The first-order valence-corrected chi connectivity index (χ1v) is 8.14. The van der Waals surface area contributed by atoms with Crippen LogP contribution in [0.4, 0.5) is 0 Å².